The molecule has 1 N–H and O–H groups in total. The van der Waals surface area contributed by atoms with Crippen molar-refractivity contribution >= 4 is 22.0 Å². The van der Waals surface area contributed by atoms with Crippen molar-refractivity contribution in [3.8, 4) is 0 Å². The lowest BCUT2D eigenvalue weighted by atomic mass is 10.0. The van der Waals surface area contributed by atoms with Crippen molar-refractivity contribution in [1.29, 1.82) is 0 Å². The summed E-state index contributed by atoms with van der Waals surface area (Å²) in [5.74, 6) is -0.0252. The van der Waals surface area contributed by atoms with Gasteiger partial charge in [0, 0.05) is 25.2 Å². The monoisotopic (exact) mass is 336 g/mol. The Hall–Kier alpha value is -1.66. The molecule has 0 aliphatic carbocycles. The van der Waals surface area contributed by atoms with Crippen LogP contribution in [0.1, 0.15) is 29.5 Å². The highest BCUT2D eigenvalue weighted by Crippen LogP contribution is 2.14. The summed E-state index contributed by atoms with van der Waals surface area (Å²) in [5, 5.41) is 0. The normalized spacial score (nSPS) is 16.9. The molecule has 1 amide bonds. The molecule has 1 saturated heterocycles. The van der Waals surface area contributed by atoms with Gasteiger partial charge in [-0.05, 0) is 43.9 Å². The summed E-state index contributed by atoms with van der Waals surface area (Å²) in [4.78, 5) is 14.0. The molecular weight excluding hydrogens is 312 g/mol. The van der Waals surface area contributed by atoms with Gasteiger partial charge < -0.3 is 4.90 Å². The Morgan fingerprint density at radius 1 is 1.26 bits per heavy atom. The Labute approximate surface area is 138 Å². The van der Waals surface area contributed by atoms with Gasteiger partial charge in [0.05, 0.1) is 6.26 Å². The van der Waals surface area contributed by atoms with Crippen molar-refractivity contribution < 1.29 is 13.2 Å². The van der Waals surface area contributed by atoms with E-state index < -0.39 is 10.0 Å². The third kappa shape index (κ3) is 5.48. The van der Waals surface area contributed by atoms with Crippen LogP contribution in [0.2, 0.25) is 0 Å². The average molecular weight is 336 g/mol. The lowest BCUT2D eigenvalue weighted by Crippen LogP contribution is -2.45. The number of nitrogens with one attached hydrogen (secondary N) is 1. The van der Waals surface area contributed by atoms with E-state index in [0.717, 1.165) is 17.4 Å². The largest absolute Gasteiger partial charge is 0.339 e. The number of hydrogen-bond acceptors (Lipinski definition) is 3. The summed E-state index contributed by atoms with van der Waals surface area (Å²) in [6.45, 7) is 5.21. The number of nitrogens with zero attached hydrogens (tertiary/aromatic N) is 1. The summed E-state index contributed by atoms with van der Waals surface area (Å²) in [7, 11) is -3.18. The number of sulfonamides is 1. The van der Waals surface area contributed by atoms with Gasteiger partial charge in [-0.15, -0.1) is 0 Å². The van der Waals surface area contributed by atoms with Gasteiger partial charge in [-0.3, -0.25) is 4.79 Å². The Balaban J connectivity index is 1.91. The second kappa shape index (κ2) is 7.27. The number of carbonyl (C=O) groups excluding carboxylic acids is 1. The topological polar surface area (TPSA) is 66.5 Å². The van der Waals surface area contributed by atoms with E-state index in [0.29, 0.717) is 25.9 Å². The molecule has 0 unspecified atom stereocenters. The molecule has 6 heteroatoms. The maximum absolute atomic E-state index is 12.2. The smallest absolute Gasteiger partial charge is 0.246 e. The highest BCUT2D eigenvalue weighted by Gasteiger charge is 2.23. The van der Waals surface area contributed by atoms with Gasteiger partial charge in [-0.2, -0.15) is 0 Å². The van der Waals surface area contributed by atoms with Crippen LogP contribution in [-0.4, -0.2) is 44.6 Å². The number of rotatable bonds is 4. The van der Waals surface area contributed by atoms with Crippen LogP contribution in [0.15, 0.2) is 24.3 Å². The molecule has 0 radical (unpaired) electrons. The maximum Gasteiger partial charge on any atom is 0.246 e. The van der Waals surface area contributed by atoms with Crippen molar-refractivity contribution in [3.63, 3.8) is 0 Å². The second-order valence-electron chi connectivity index (χ2n) is 6.18. The highest BCUT2D eigenvalue weighted by molar-refractivity contribution is 7.88. The van der Waals surface area contributed by atoms with Gasteiger partial charge >= 0.3 is 0 Å². The lowest BCUT2D eigenvalue weighted by molar-refractivity contribution is -0.126. The SMILES string of the molecule is Cc1ccc(/C=C/C(=O)N2CCC(NS(C)(=O)=O)CC2)c(C)c1. The quantitative estimate of drug-likeness (QED) is 0.854. The van der Waals surface area contributed by atoms with Crippen LogP contribution >= 0.6 is 0 Å². The summed E-state index contributed by atoms with van der Waals surface area (Å²) >= 11 is 0. The number of likely N-dealkylation sites (tertiary alicyclic amines) is 1. The van der Waals surface area contributed by atoms with Crippen LogP contribution in [-0.2, 0) is 14.8 Å². The van der Waals surface area contributed by atoms with E-state index in [1.54, 1.807) is 11.0 Å². The zero-order chi connectivity index (χ0) is 17.0. The van der Waals surface area contributed by atoms with E-state index >= 15 is 0 Å². The van der Waals surface area contributed by atoms with E-state index in [2.05, 4.69) is 10.8 Å². The van der Waals surface area contributed by atoms with Crippen molar-refractivity contribution in [2.24, 2.45) is 0 Å². The summed E-state index contributed by atoms with van der Waals surface area (Å²) in [5.41, 5.74) is 3.38. The molecule has 126 valence electrons. The molecule has 1 fully saturated rings. The number of benzene rings is 1. The molecule has 1 aromatic carbocycles. The zero-order valence-corrected chi connectivity index (χ0v) is 14.7. The predicted molar refractivity (Wildman–Crippen MR) is 92.5 cm³/mol. The van der Waals surface area contributed by atoms with E-state index in [9.17, 15) is 13.2 Å². The fourth-order valence-corrected chi connectivity index (χ4v) is 3.64. The summed E-state index contributed by atoms with van der Waals surface area (Å²) in [6.07, 6.45) is 5.91. The molecule has 0 atom stereocenters. The van der Waals surface area contributed by atoms with Crippen LogP contribution in [0.3, 0.4) is 0 Å². The Morgan fingerprint density at radius 3 is 2.48 bits per heavy atom. The molecule has 0 aromatic heterocycles. The van der Waals surface area contributed by atoms with Gasteiger partial charge in [0.1, 0.15) is 0 Å². The minimum Gasteiger partial charge on any atom is -0.339 e. The number of amides is 1. The van der Waals surface area contributed by atoms with Gasteiger partial charge in [-0.1, -0.05) is 23.8 Å². The molecule has 1 aliphatic heterocycles. The first-order valence-electron chi connectivity index (χ1n) is 7.76. The lowest BCUT2D eigenvalue weighted by Gasteiger charge is -2.31. The maximum atomic E-state index is 12.2. The van der Waals surface area contributed by atoms with E-state index in [1.165, 1.54) is 5.56 Å². The van der Waals surface area contributed by atoms with Crippen LogP contribution in [0.4, 0.5) is 0 Å². The first-order valence-corrected chi connectivity index (χ1v) is 9.65. The highest BCUT2D eigenvalue weighted by atomic mass is 32.2. The number of carbonyl (C=O) groups is 1. The van der Waals surface area contributed by atoms with Crippen LogP contribution in [0.25, 0.3) is 6.08 Å². The van der Waals surface area contributed by atoms with Crippen LogP contribution in [0.5, 0.6) is 0 Å². The zero-order valence-electron chi connectivity index (χ0n) is 13.9. The van der Waals surface area contributed by atoms with Crippen LogP contribution in [0, 0.1) is 13.8 Å². The number of hydrogen-bond donors (Lipinski definition) is 1. The molecule has 0 bridgehead atoms. The third-order valence-corrected chi connectivity index (χ3v) is 4.78. The molecule has 0 saturated carbocycles. The molecule has 23 heavy (non-hydrogen) atoms. The third-order valence-electron chi connectivity index (χ3n) is 4.02. The van der Waals surface area contributed by atoms with Crippen molar-refractivity contribution in [2.45, 2.75) is 32.7 Å². The average Bonchev–Trinajstić information content (AvgIpc) is 2.45. The van der Waals surface area contributed by atoms with Gasteiger partial charge in [0.2, 0.25) is 15.9 Å². The Kier molecular flexibility index (Phi) is 5.59. The molecule has 0 spiro atoms. The van der Waals surface area contributed by atoms with Crippen molar-refractivity contribution in [3.05, 3.63) is 41.0 Å². The van der Waals surface area contributed by atoms with Crippen molar-refractivity contribution in [2.75, 3.05) is 19.3 Å². The van der Waals surface area contributed by atoms with Gasteiger partial charge in [-0.25, -0.2) is 13.1 Å². The standard InChI is InChI=1S/C17H24N2O3S/c1-13-4-5-15(14(2)12-13)6-7-17(20)19-10-8-16(9-11-19)18-23(3,21)22/h4-7,12,16,18H,8-11H2,1-3H3/b7-6+. The minimum atomic E-state index is -3.18. The first kappa shape index (κ1) is 17.7. The van der Waals surface area contributed by atoms with Crippen LogP contribution < -0.4 is 4.72 Å². The predicted octanol–water partition coefficient (Wildman–Crippen LogP) is 1.86. The minimum absolute atomic E-state index is 0.0252. The van der Waals surface area contributed by atoms with E-state index in [1.807, 2.05) is 32.1 Å². The summed E-state index contributed by atoms with van der Waals surface area (Å²) < 4.78 is 25.1. The first-order chi connectivity index (χ1) is 10.7. The molecule has 1 aromatic rings. The fourth-order valence-electron chi connectivity index (χ4n) is 2.80. The summed E-state index contributed by atoms with van der Waals surface area (Å²) in [6, 6.07) is 6.06. The number of aryl methyl sites for hydroxylation is 2. The van der Waals surface area contributed by atoms with E-state index in [4.69, 9.17) is 0 Å². The molecule has 5 nitrogen and oxygen atoms in total. The van der Waals surface area contributed by atoms with E-state index in [-0.39, 0.29) is 11.9 Å². The number of piperidine rings is 1. The fraction of sp³-hybridized carbons (Fsp3) is 0.471. The Bertz CT molecular complexity index is 703. The Morgan fingerprint density at radius 2 is 1.91 bits per heavy atom. The molecular formula is C17H24N2O3S. The molecule has 2 rings (SSSR count). The van der Waals surface area contributed by atoms with Crippen molar-refractivity contribution in [1.82, 2.24) is 9.62 Å². The molecule has 1 heterocycles. The van der Waals surface area contributed by atoms with Gasteiger partial charge in [0.25, 0.3) is 0 Å². The molecule has 1 aliphatic rings. The second-order valence-corrected chi connectivity index (χ2v) is 7.96. The van der Waals surface area contributed by atoms with Gasteiger partial charge in [0.15, 0.2) is 0 Å².